The second-order valence-electron chi connectivity index (χ2n) is 5.84. The van der Waals surface area contributed by atoms with Gasteiger partial charge in [0.15, 0.2) is 0 Å². The Labute approximate surface area is 153 Å². The molecule has 2 atom stereocenters. The Morgan fingerprint density at radius 3 is 2.78 bits per heavy atom. The third kappa shape index (κ3) is 6.69. The number of halogens is 2. The topological polar surface area (TPSA) is 64.3 Å². The van der Waals surface area contributed by atoms with Gasteiger partial charge in [0.25, 0.3) is 0 Å². The zero-order valence-electron chi connectivity index (χ0n) is 13.3. The molecule has 130 valence electrons. The number of ether oxygens (including phenoxy) is 1. The maximum absolute atomic E-state index is 12.0. The summed E-state index contributed by atoms with van der Waals surface area (Å²) in [5.41, 5.74) is 5.79. The Morgan fingerprint density at radius 2 is 2.04 bits per heavy atom. The molecule has 1 amide bonds. The van der Waals surface area contributed by atoms with E-state index in [-0.39, 0.29) is 24.4 Å². The van der Waals surface area contributed by atoms with Crippen molar-refractivity contribution in [2.75, 3.05) is 13.2 Å². The quantitative estimate of drug-likeness (QED) is 0.680. The summed E-state index contributed by atoms with van der Waals surface area (Å²) in [4.78, 5) is 12.0. The molecule has 0 radical (unpaired) electrons. The van der Waals surface area contributed by atoms with Crippen molar-refractivity contribution in [1.82, 2.24) is 5.32 Å². The highest BCUT2D eigenvalue weighted by atomic mass is 79.9. The molecule has 0 aromatic heterocycles. The van der Waals surface area contributed by atoms with Crippen LogP contribution in [0.25, 0.3) is 0 Å². The van der Waals surface area contributed by atoms with Gasteiger partial charge in [-0.15, -0.1) is 12.4 Å². The van der Waals surface area contributed by atoms with E-state index in [4.69, 9.17) is 10.5 Å². The molecule has 1 aliphatic rings. The predicted molar refractivity (Wildman–Crippen MR) is 99.1 cm³/mol. The van der Waals surface area contributed by atoms with Crippen LogP contribution in [0.4, 0.5) is 0 Å². The highest BCUT2D eigenvalue weighted by molar-refractivity contribution is 9.10. The molecule has 2 rings (SSSR count). The lowest BCUT2D eigenvalue weighted by Crippen LogP contribution is -2.44. The van der Waals surface area contributed by atoms with Crippen molar-refractivity contribution in [3.05, 3.63) is 28.7 Å². The minimum absolute atomic E-state index is 0. The number of nitrogens with one attached hydrogen (secondary N) is 1. The maximum atomic E-state index is 12.0. The van der Waals surface area contributed by atoms with Crippen molar-refractivity contribution in [3.8, 4) is 5.75 Å². The van der Waals surface area contributed by atoms with E-state index >= 15 is 0 Å². The molecule has 6 heteroatoms. The van der Waals surface area contributed by atoms with Gasteiger partial charge < -0.3 is 15.8 Å². The molecule has 1 fully saturated rings. The normalized spacial score (nSPS) is 20.4. The van der Waals surface area contributed by atoms with Gasteiger partial charge in [0.05, 0.1) is 11.1 Å². The van der Waals surface area contributed by atoms with Gasteiger partial charge in [-0.05, 0) is 59.8 Å². The summed E-state index contributed by atoms with van der Waals surface area (Å²) in [6.45, 7) is 1.21. The van der Waals surface area contributed by atoms with E-state index in [1.54, 1.807) is 0 Å². The Balaban J connectivity index is 0.00000264. The Bertz CT molecular complexity index is 487. The summed E-state index contributed by atoms with van der Waals surface area (Å²) in [6, 6.07) is 8.00. The lowest BCUT2D eigenvalue weighted by molar-refractivity contribution is -0.122. The standard InChI is InChI=1S/C17H25BrN2O2.ClH/c18-14-7-2-4-9-16(14)22-11-5-10-17(21)20-15-8-3-1-6-13(15)12-19;/h2,4,7,9,13,15H,1,3,5-6,8,10-12,19H2,(H,20,21);1H. The van der Waals surface area contributed by atoms with E-state index in [0.717, 1.165) is 23.1 Å². The van der Waals surface area contributed by atoms with Gasteiger partial charge in [-0.25, -0.2) is 0 Å². The summed E-state index contributed by atoms with van der Waals surface area (Å²) in [5.74, 6) is 1.37. The zero-order chi connectivity index (χ0) is 15.8. The lowest BCUT2D eigenvalue weighted by Gasteiger charge is -2.31. The van der Waals surface area contributed by atoms with Crippen LogP contribution in [0.1, 0.15) is 38.5 Å². The zero-order valence-corrected chi connectivity index (χ0v) is 15.7. The molecule has 0 bridgehead atoms. The van der Waals surface area contributed by atoms with Crippen LogP contribution in [0, 0.1) is 5.92 Å². The van der Waals surface area contributed by atoms with Crippen molar-refractivity contribution < 1.29 is 9.53 Å². The first kappa shape index (κ1) is 20.3. The smallest absolute Gasteiger partial charge is 0.220 e. The van der Waals surface area contributed by atoms with Gasteiger partial charge >= 0.3 is 0 Å². The minimum Gasteiger partial charge on any atom is -0.492 e. The first-order valence-electron chi connectivity index (χ1n) is 8.07. The third-order valence-corrected chi connectivity index (χ3v) is 4.86. The average Bonchev–Trinajstić information content (AvgIpc) is 2.53. The van der Waals surface area contributed by atoms with Crippen LogP contribution in [0.5, 0.6) is 5.75 Å². The van der Waals surface area contributed by atoms with Gasteiger partial charge in [0, 0.05) is 12.5 Å². The fourth-order valence-corrected chi connectivity index (χ4v) is 3.33. The van der Waals surface area contributed by atoms with Crippen molar-refractivity contribution >= 4 is 34.2 Å². The molecule has 23 heavy (non-hydrogen) atoms. The number of amides is 1. The molecule has 0 aliphatic heterocycles. The van der Waals surface area contributed by atoms with Crippen LogP contribution >= 0.6 is 28.3 Å². The van der Waals surface area contributed by atoms with Gasteiger partial charge in [-0.1, -0.05) is 25.0 Å². The van der Waals surface area contributed by atoms with Crippen LogP contribution in [0.2, 0.25) is 0 Å². The molecular weight excluding hydrogens is 380 g/mol. The summed E-state index contributed by atoms with van der Waals surface area (Å²) in [6.07, 6.45) is 5.82. The Kier molecular flexibility index (Phi) is 9.60. The van der Waals surface area contributed by atoms with Crippen molar-refractivity contribution in [1.29, 1.82) is 0 Å². The lowest BCUT2D eigenvalue weighted by atomic mass is 9.84. The fraction of sp³-hybridized carbons (Fsp3) is 0.588. The van der Waals surface area contributed by atoms with Crippen LogP contribution < -0.4 is 15.8 Å². The van der Waals surface area contributed by atoms with Crippen LogP contribution in [0.15, 0.2) is 28.7 Å². The molecule has 0 saturated heterocycles. The molecule has 1 aromatic carbocycles. The van der Waals surface area contributed by atoms with Crippen molar-refractivity contribution in [3.63, 3.8) is 0 Å². The molecular formula is C17H26BrClN2O2. The molecule has 1 saturated carbocycles. The molecule has 2 unspecified atom stereocenters. The summed E-state index contributed by atoms with van der Waals surface area (Å²) >= 11 is 3.44. The van der Waals surface area contributed by atoms with E-state index in [1.165, 1.54) is 12.8 Å². The third-order valence-electron chi connectivity index (χ3n) is 4.20. The second kappa shape index (κ2) is 10.9. The number of rotatable bonds is 7. The van der Waals surface area contributed by atoms with Crippen LogP contribution in [-0.2, 0) is 4.79 Å². The second-order valence-corrected chi connectivity index (χ2v) is 6.69. The molecule has 1 aromatic rings. The summed E-state index contributed by atoms with van der Waals surface area (Å²) in [7, 11) is 0. The van der Waals surface area contributed by atoms with E-state index in [0.29, 0.717) is 31.9 Å². The van der Waals surface area contributed by atoms with Gasteiger partial charge in [-0.2, -0.15) is 0 Å². The predicted octanol–water partition coefficient (Wildman–Crippen LogP) is 3.66. The number of hydrogen-bond acceptors (Lipinski definition) is 3. The van der Waals surface area contributed by atoms with Gasteiger partial charge in [0.2, 0.25) is 5.91 Å². The molecule has 1 aliphatic carbocycles. The van der Waals surface area contributed by atoms with Crippen LogP contribution in [0.3, 0.4) is 0 Å². The van der Waals surface area contributed by atoms with Crippen molar-refractivity contribution in [2.45, 2.75) is 44.6 Å². The minimum atomic E-state index is 0. The molecule has 3 N–H and O–H groups in total. The Morgan fingerprint density at radius 1 is 1.30 bits per heavy atom. The number of carbonyl (C=O) groups is 1. The largest absolute Gasteiger partial charge is 0.492 e. The number of benzene rings is 1. The van der Waals surface area contributed by atoms with Gasteiger partial charge in [0.1, 0.15) is 5.75 Å². The SMILES string of the molecule is Cl.NCC1CCCCC1NC(=O)CCCOc1ccccc1Br. The van der Waals surface area contributed by atoms with E-state index in [9.17, 15) is 4.79 Å². The van der Waals surface area contributed by atoms with E-state index in [2.05, 4.69) is 21.2 Å². The van der Waals surface area contributed by atoms with Crippen molar-refractivity contribution in [2.24, 2.45) is 11.7 Å². The average molecular weight is 406 g/mol. The highest BCUT2D eigenvalue weighted by Crippen LogP contribution is 2.24. The first-order valence-corrected chi connectivity index (χ1v) is 8.86. The number of carbonyl (C=O) groups excluding carboxylic acids is 1. The summed E-state index contributed by atoms with van der Waals surface area (Å²) in [5, 5.41) is 3.15. The summed E-state index contributed by atoms with van der Waals surface area (Å²) < 4.78 is 6.61. The molecule has 0 spiro atoms. The Hall–Kier alpha value is -0.780. The monoisotopic (exact) mass is 404 g/mol. The van der Waals surface area contributed by atoms with E-state index in [1.807, 2.05) is 24.3 Å². The molecule has 4 nitrogen and oxygen atoms in total. The molecule has 0 heterocycles. The van der Waals surface area contributed by atoms with E-state index < -0.39 is 0 Å². The number of para-hydroxylation sites is 1. The highest BCUT2D eigenvalue weighted by Gasteiger charge is 2.24. The number of hydrogen-bond donors (Lipinski definition) is 2. The maximum Gasteiger partial charge on any atom is 0.220 e. The van der Waals surface area contributed by atoms with Crippen LogP contribution in [-0.4, -0.2) is 25.1 Å². The first-order chi connectivity index (χ1) is 10.7. The number of nitrogens with two attached hydrogens (primary N) is 1. The van der Waals surface area contributed by atoms with Gasteiger partial charge in [-0.3, -0.25) is 4.79 Å². The fourth-order valence-electron chi connectivity index (χ4n) is 2.94.